The molecule has 2 rings (SSSR count). The van der Waals surface area contributed by atoms with Crippen molar-refractivity contribution in [1.82, 2.24) is 0 Å². The standard InChI is InChI=1S/C17H19NO2/c1-4-13-9-7-8-12(2)16(13)18-17(19)14-10-5-6-11-15(14)20-3/h5-11H,4H2,1-3H3,(H,18,19). The zero-order valence-corrected chi connectivity index (χ0v) is 12.1. The maximum Gasteiger partial charge on any atom is 0.259 e. The molecule has 0 fully saturated rings. The lowest BCUT2D eigenvalue weighted by Gasteiger charge is -2.14. The van der Waals surface area contributed by atoms with Gasteiger partial charge in [0.1, 0.15) is 5.75 Å². The van der Waals surface area contributed by atoms with E-state index in [9.17, 15) is 4.79 Å². The van der Waals surface area contributed by atoms with Gasteiger partial charge in [0.25, 0.3) is 5.91 Å². The van der Waals surface area contributed by atoms with Crippen molar-refractivity contribution in [3.63, 3.8) is 0 Å². The number of nitrogens with one attached hydrogen (secondary N) is 1. The van der Waals surface area contributed by atoms with Crippen LogP contribution in [0.2, 0.25) is 0 Å². The minimum Gasteiger partial charge on any atom is -0.496 e. The quantitative estimate of drug-likeness (QED) is 0.916. The lowest BCUT2D eigenvalue weighted by atomic mass is 10.1. The summed E-state index contributed by atoms with van der Waals surface area (Å²) in [6.45, 7) is 4.07. The van der Waals surface area contributed by atoms with Crippen LogP contribution in [0.15, 0.2) is 42.5 Å². The zero-order chi connectivity index (χ0) is 14.5. The number of benzene rings is 2. The smallest absolute Gasteiger partial charge is 0.259 e. The Kier molecular flexibility index (Phi) is 4.41. The van der Waals surface area contributed by atoms with Gasteiger partial charge in [-0.25, -0.2) is 0 Å². The maximum atomic E-state index is 12.4. The molecule has 0 aliphatic heterocycles. The second kappa shape index (κ2) is 6.24. The molecule has 3 heteroatoms. The van der Waals surface area contributed by atoms with E-state index < -0.39 is 0 Å². The second-order valence-electron chi connectivity index (χ2n) is 4.62. The first-order valence-electron chi connectivity index (χ1n) is 6.70. The molecule has 2 aromatic rings. The highest BCUT2D eigenvalue weighted by Gasteiger charge is 2.14. The van der Waals surface area contributed by atoms with Crippen molar-refractivity contribution >= 4 is 11.6 Å². The van der Waals surface area contributed by atoms with Crippen LogP contribution in [0.1, 0.15) is 28.4 Å². The molecule has 20 heavy (non-hydrogen) atoms. The lowest BCUT2D eigenvalue weighted by Crippen LogP contribution is -2.15. The van der Waals surface area contributed by atoms with E-state index in [-0.39, 0.29) is 5.91 Å². The first-order chi connectivity index (χ1) is 9.67. The Labute approximate surface area is 119 Å². The highest BCUT2D eigenvalue weighted by atomic mass is 16.5. The van der Waals surface area contributed by atoms with Crippen LogP contribution in [0, 0.1) is 6.92 Å². The van der Waals surface area contributed by atoms with Gasteiger partial charge in [0.05, 0.1) is 12.7 Å². The topological polar surface area (TPSA) is 38.3 Å². The number of hydrogen-bond acceptors (Lipinski definition) is 2. The molecule has 0 unspecified atom stereocenters. The molecule has 3 nitrogen and oxygen atoms in total. The number of methoxy groups -OCH3 is 1. The third kappa shape index (κ3) is 2.82. The Balaban J connectivity index is 2.33. The van der Waals surface area contributed by atoms with Gasteiger partial charge in [0, 0.05) is 5.69 Å². The Bertz CT molecular complexity index is 620. The van der Waals surface area contributed by atoms with E-state index in [1.54, 1.807) is 19.2 Å². The molecule has 104 valence electrons. The van der Waals surface area contributed by atoms with E-state index >= 15 is 0 Å². The highest BCUT2D eigenvalue weighted by Crippen LogP contribution is 2.24. The normalized spacial score (nSPS) is 10.2. The molecule has 0 bridgehead atoms. The average molecular weight is 269 g/mol. The Morgan fingerprint density at radius 2 is 1.90 bits per heavy atom. The average Bonchev–Trinajstić information content (AvgIpc) is 2.49. The van der Waals surface area contributed by atoms with Crippen LogP contribution in [-0.2, 0) is 6.42 Å². The van der Waals surface area contributed by atoms with E-state index in [0.29, 0.717) is 11.3 Å². The molecule has 0 radical (unpaired) electrons. The predicted octanol–water partition coefficient (Wildman–Crippen LogP) is 3.82. The van der Waals surface area contributed by atoms with Crippen LogP contribution < -0.4 is 10.1 Å². The number of carbonyl (C=O) groups excluding carboxylic acids is 1. The number of hydrogen-bond donors (Lipinski definition) is 1. The summed E-state index contributed by atoms with van der Waals surface area (Å²) in [5, 5.41) is 3.00. The summed E-state index contributed by atoms with van der Waals surface area (Å²) in [6.07, 6.45) is 0.878. The molecular weight excluding hydrogens is 250 g/mol. The summed E-state index contributed by atoms with van der Waals surface area (Å²) in [5.74, 6) is 0.433. The molecule has 0 spiro atoms. The lowest BCUT2D eigenvalue weighted by molar-refractivity contribution is 0.102. The van der Waals surface area contributed by atoms with Crippen LogP contribution in [0.4, 0.5) is 5.69 Å². The number of aryl methyl sites for hydroxylation is 2. The molecule has 0 heterocycles. The molecule has 0 saturated carbocycles. The van der Waals surface area contributed by atoms with Gasteiger partial charge in [0.2, 0.25) is 0 Å². The number of amides is 1. The Morgan fingerprint density at radius 1 is 1.15 bits per heavy atom. The van der Waals surface area contributed by atoms with E-state index in [0.717, 1.165) is 23.2 Å². The monoisotopic (exact) mass is 269 g/mol. The summed E-state index contributed by atoms with van der Waals surface area (Å²) in [6, 6.07) is 13.3. The summed E-state index contributed by atoms with van der Waals surface area (Å²) in [7, 11) is 1.57. The van der Waals surface area contributed by atoms with Gasteiger partial charge in [-0.3, -0.25) is 4.79 Å². The minimum atomic E-state index is -0.147. The number of anilines is 1. The molecule has 0 aliphatic rings. The van der Waals surface area contributed by atoms with Crippen molar-refractivity contribution in [2.24, 2.45) is 0 Å². The van der Waals surface area contributed by atoms with Gasteiger partial charge in [-0.1, -0.05) is 37.3 Å². The van der Waals surface area contributed by atoms with E-state index in [1.165, 1.54) is 0 Å². The summed E-state index contributed by atoms with van der Waals surface area (Å²) in [4.78, 5) is 12.4. The summed E-state index contributed by atoms with van der Waals surface area (Å²) in [5.41, 5.74) is 3.63. The molecule has 1 N–H and O–H groups in total. The van der Waals surface area contributed by atoms with Gasteiger partial charge >= 0.3 is 0 Å². The Hall–Kier alpha value is -2.29. The van der Waals surface area contributed by atoms with E-state index in [2.05, 4.69) is 12.2 Å². The first-order valence-corrected chi connectivity index (χ1v) is 6.70. The predicted molar refractivity (Wildman–Crippen MR) is 81.5 cm³/mol. The van der Waals surface area contributed by atoms with Gasteiger partial charge < -0.3 is 10.1 Å². The zero-order valence-electron chi connectivity index (χ0n) is 12.1. The largest absolute Gasteiger partial charge is 0.496 e. The van der Waals surface area contributed by atoms with Gasteiger partial charge in [-0.05, 0) is 36.6 Å². The number of para-hydroxylation sites is 2. The van der Waals surface area contributed by atoms with Crippen molar-refractivity contribution in [3.8, 4) is 5.75 Å². The number of rotatable bonds is 4. The van der Waals surface area contributed by atoms with Crippen molar-refractivity contribution in [1.29, 1.82) is 0 Å². The minimum absolute atomic E-state index is 0.147. The molecule has 0 atom stereocenters. The fraction of sp³-hybridized carbons (Fsp3) is 0.235. The molecule has 0 aliphatic carbocycles. The molecular formula is C17H19NO2. The van der Waals surface area contributed by atoms with E-state index in [1.807, 2.05) is 37.3 Å². The van der Waals surface area contributed by atoms with Crippen LogP contribution in [0.25, 0.3) is 0 Å². The third-order valence-corrected chi connectivity index (χ3v) is 3.33. The van der Waals surface area contributed by atoms with Crippen molar-refractivity contribution in [3.05, 3.63) is 59.2 Å². The van der Waals surface area contributed by atoms with Crippen LogP contribution in [-0.4, -0.2) is 13.0 Å². The van der Waals surface area contributed by atoms with Crippen LogP contribution in [0.3, 0.4) is 0 Å². The summed E-state index contributed by atoms with van der Waals surface area (Å²) < 4.78 is 5.23. The number of carbonyl (C=O) groups is 1. The van der Waals surface area contributed by atoms with Crippen LogP contribution >= 0.6 is 0 Å². The third-order valence-electron chi connectivity index (χ3n) is 3.33. The molecule has 0 saturated heterocycles. The fourth-order valence-corrected chi connectivity index (χ4v) is 2.22. The highest BCUT2D eigenvalue weighted by molar-refractivity contribution is 6.06. The summed E-state index contributed by atoms with van der Waals surface area (Å²) >= 11 is 0. The second-order valence-corrected chi connectivity index (χ2v) is 4.62. The van der Waals surface area contributed by atoms with Gasteiger partial charge in [-0.15, -0.1) is 0 Å². The molecule has 0 aromatic heterocycles. The van der Waals surface area contributed by atoms with E-state index in [4.69, 9.17) is 4.74 Å². The first kappa shape index (κ1) is 14.1. The Morgan fingerprint density at radius 3 is 2.60 bits per heavy atom. The molecule has 1 amide bonds. The number of ether oxygens (including phenoxy) is 1. The SMILES string of the molecule is CCc1cccc(C)c1NC(=O)c1ccccc1OC. The maximum absolute atomic E-state index is 12.4. The van der Waals surface area contributed by atoms with Gasteiger partial charge in [-0.2, -0.15) is 0 Å². The molecule has 2 aromatic carbocycles. The fourth-order valence-electron chi connectivity index (χ4n) is 2.22. The van der Waals surface area contributed by atoms with Crippen molar-refractivity contribution in [2.75, 3.05) is 12.4 Å². The van der Waals surface area contributed by atoms with Crippen molar-refractivity contribution < 1.29 is 9.53 Å². The van der Waals surface area contributed by atoms with Crippen molar-refractivity contribution in [2.45, 2.75) is 20.3 Å². The van der Waals surface area contributed by atoms with Crippen LogP contribution in [0.5, 0.6) is 5.75 Å². The van der Waals surface area contributed by atoms with Gasteiger partial charge in [0.15, 0.2) is 0 Å².